The van der Waals surface area contributed by atoms with E-state index in [0.29, 0.717) is 37.1 Å². The van der Waals surface area contributed by atoms with E-state index in [0.717, 1.165) is 11.1 Å². The first kappa shape index (κ1) is 25.3. The first-order chi connectivity index (χ1) is 16.3. The summed E-state index contributed by atoms with van der Waals surface area (Å²) in [7, 11) is 3.02. The van der Waals surface area contributed by atoms with Gasteiger partial charge in [0.2, 0.25) is 0 Å². The zero-order valence-electron chi connectivity index (χ0n) is 18.3. The topological polar surface area (TPSA) is 109 Å². The third-order valence-electron chi connectivity index (χ3n) is 5.09. The van der Waals surface area contributed by atoms with Crippen LogP contribution in [0.3, 0.4) is 0 Å². The fourth-order valence-electron chi connectivity index (χ4n) is 3.41. The number of ether oxygens (including phenoxy) is 2. The third kappa shape index (κ3) is 5.76. The number of nitrogens with one attached hydrogen (secondary N) is 1. The summed E-state index contributed by atoms with van der Waals surface area (Å²) in [5, 5.41) is 21.5. The summed E-state index contributed by atoms with van der Waals surface area (Å²) < 4.78 is 12.2. The maximum Gasteiger partial charge on any atom is 0.326 e. The van der Waals surface area contributed by atoms with Gasteiger partial charge in [0.05, 0.1) is 37.0 Å². The van der Waals surface area contributed by atoms with Gasteiger partial charge in [-0.15, -0.1) is 0 Å². The quantitative estimate of drug-likeness (QED) is 0.375. The summed E-state index contributed by atoms with van der Waals surface area (Å²) in [6.07, 6.45) is 0.0919. The lowest BCUT2D eigenvalue weighted by Gasteiger charge is -2.17. The van der Waals surface area contributed by atoms with E-state index in [2.05, 4.69) is 43.2 Å². The Hall–Kier alpha value is -3.35. The number of aliphatic carboxylic acids is 1. The van der Waals surface area contributed by atoms with Crippen LogP contribution in [0.15, 0.2) is 63.5 Å². The Morgan fingerprint density at radius 1 is 1.03 bits per heavy atom. The average Bonchev–Trinajstić information content (AvgIpc) is 2.84. The van der Waals surface area contributed by atoms with Crippen LogP contribution in [0.5, 0.6) is 11.5 Å². The number of rotatable bonds is 8. The molecule has 7 nitrogen and oxygen atoms in total. The lowest BCUT2D eigenvalue weighted by Crippen LogP contribution is -2.42. The Morgan fingerprint density at radius 3 is 2.18 bits per heavy atom. The van der Waals surface area contributed by atoms with Crippen molar-refractivity contribution in [3.63, 3.8) is 0 Å². The normalized spacial score (nSPS) is 11.3. The number of carboxylic acids is 1. The number of amides is 1. The molecule has 3 aromatic rings. The van der Waals surface area contributed by atoms with Crippen molar-refractivity contribution in [3.8, 4) is 28.7 Å². The van der Waals surface area contributed by atoms with Crippen LogP contribution in [0.25, 0.3) is 11.1 Å². The molecular weight excluding hydrogens is 568 g/mol. The lowest BCUT2D eigenvalue weighted by molar-refractivity contribution is -0.139. The molecule has 0 aliphatic rings. The van der Waals surface area contributed by atoms with Crippen molar-refractivity contribution in [1.82, 2.24) is 5.32 Å². The SMILES string of the molecule is COc1cc(C#N)cc(OC)c1-c1ccc(C[C@H](NC(=O)c2cc(Br)ccc2Br)C(=O)O)cc1. The van der Waals surface area contributed by atoms with Crippen LogP contribution >= 0.6 is 31.9 Å². The highest BCUT2D eigenvalue weighted by Crippen LogP contribution is 2.39. The number of nitrogens with zero attached hydrogens (tertiary/aromatic N) is 1. The standard InChI is InChI=1S/C25H20Br2N2O5/c1-33-21-10-15(13-28)11-22(34-2)23(21)16-5-3-14(4-6-16)9-20(25(31)32)29-24(30)18-12-17(26)7-8-19(18)27/h3-8,10-12,20H,9H2,1-2H3,(H,29,30)(H,31,32)/t20-/m0/s1. The third-order valence-corrected chi connectivity index (χ3v) is 6.28. The first-order valence-electron chi connectivity index (χ1n) is 10.0. The van der Waals surface area contributed by atoms with Crippen molar-refractivity contribution in [1.29, 1.82) is 5.26 Å². The first-order valence-corrected chi connectivity index (χ1v) is 11.6. The smallest absolute Gasteiger partial charge is 0.326 e. The van der Waals surface area contributed by atoms with Crippen molar-refractivity contribution >= 4 is 43.7 Å². The Bertz CT molecular complexity index is 1240. The summed E-state index contributed by atoms with van der Waals surface area (Å²) in [6.45, 7) is 0. The van der Waals surface area contributed by atoms with Gasteiger partial charge in [0, 0.05) is 15.4 Å². The highest BCUT2D eigenvalue weighted by atomic mass is 79.9. The van der Waals surface area contributed by atoms with Gasteiger partial charge in [-0.1, -0.05) is 40.2 Å². The molecule has 0 spiro atoms. The number of methoxy groups -OCH3 is 2. The summed E-state index contributed by atoms with van der Waals surface area (Å²) >= 11 is 6.64. The van der Waals surface area contributed by atoms with Crippen molar-refractivity contribution in [3.05, 3.63) is 80.2 Å². The zero-order valence-corrected chi connectivity index (χ0v) is 21.4. The summed E-state index contributed by atoms with van der Waals surface area (Å²) in [4.78, 5) is 24.5. The van der Waals surface area contributed by atoms with Gasteiger partial charge < -0.3 is 19.9 Å². The minimum Gasteiger partial charge on any atom is -0.496 e. The van der Waals surface area contributed by atoms with Crippen LogP contribution in [0, 0.1) is 11.3 Å². The number of nitriles is 1. The van der Waals surface area contributed by atoms with Gasteiger partial charge in [0.25, 0.3) is 5.91 Å². The van der Waals surface area contributed by atoms with E-state index in [9.17, 15) is 20.0 Å². The Kier molecular flexibility index (Phi) is 8.31. The van der Waals surface area contributed by atoms with Gasteiger partial charge >= 0.3 is 5.97 Å². The van der Waals surface area contributed by atoms with Crippen LogP contribution in [-0.2, 0) is 11.2 Å². The molecule has 0 aromatic heterocycles. The van der Waals surface area contributed by atoms with Gasteiger partial charge in [-0.2, -0.15) is 5.26 Å². The summed E-state index contributed by atoms with van der Waals surface area (Å²) in [5.74, 6) is -0.666. The number of carboxylic acid groups (broad SMARTS) is 1. The molecule has 9 heteroatoms. The minimum absolute atomic E-state index is 0.0919. The van der Waals surface area contributed by atoms with Gasteiger partial charge in [-0.05, 0) is 57.4 Å². The van der Waals surface area contributed by atoms with Crippen molar-refractivity contribution in [2.45, 2.75) is 12.5 Å². The minimum atomic E-state index is -1.14. The molecule has 3 rings (SSSR count). The van der Waals surface area contributed by atoms with Gasteiger partial charge in [0.1, 0.15) is 17.5 Å². The molecule has 34 heavy (non-hydrogen) atoms. The van der Waals surface area contributed by atoms with Gasteiger partial charge in [-0.3, -0.25) is 4.79 Å². The maximum atomic E-state index is 12.7. The predicted octanol–water partition coefficient (Wildman–Crippen LogP) is 5.19. The number of carbonyl (C=O) groups excluding carboxylic acids is 1. The fourth-order valence-corrected chi connectivity index (χ4v) is 4.20. The Balaban J connectivity index is 1.84. The molecule has 3 aromatic carbocycles. The van der Waals surface area contributed by atoms with Crippen LogP contribution in [0.4, 0.5) is 0 Å². The molecule has 0 bridgehead atoms. The van der Waals surface area contributed by atoms with E-state index in [1.165, 1.54) is 14.2 Å². The molecule has 0 aliphatic heterocycles. The highest BCUT2D eigenvalue weighted by Gasteiger charge is 2.23. The number of carbonyl (C=O) groups is 2. The van der Waals surface area contributed by atoms with Crippen molar-refractivity contribution < 1.29 is 24.2 Å². The molecule has 0 saturated heterocycles. The predicted molar refractivity (Wildman–Crippen MR) is 134 cm³/mol. The van der Waals surface area contributed by atoms with E-state index in [4.69, 9.17) is 9.47 Å². The second-order valence-electron chi connectivity index (χ2n) is 7.26. The largest absolute Gasteiger partial charge is 0.496 e. The molecule has 0 heterocycles. The van der Waals surface area contributed by atoms with Crippen LogP contribution < -0.4 is 14.8 Å². The number of benzene rings is 3. The second-order valence-corrected chi connectivity index (χ2v) is 9.03. The number of hydrogen-bond acceptors (Lipinski definition) is 5. The average molecular weight is 588 g/mol. The summed E-state index contributed by atoms with van der Waals surface area (Å²) in [5.41, 5.74) is 2.91. The molecule has 1 amide bonds. The second kappa shape index (κ2) is 11.2. The van der Waals surface area contributed by atoms with Crippen LogP contribution in [-0.4, -0.2) is 37.2 Å². The monoisotopic (exact) mass is 586 g/mol. The van der Waals surface area contributed by atoms with Crippen molar-refractivity contribution in [2.24, 2.45) is 0 Å². The number of halogens is 2. The molecule has 0 saturated carbocycles. The van der Waals surface area contributed by atoms with Gasteiger partial charge in [0.15, 0.2) is 0 Å². The molecule has 0 aliphatic carbocycles. The molecule has 2 N–H and O–H groups in total. The molecule has 1 atom stereocenters. The molecule has 0 radical (unpaired) electrons. The highest BCUT2D eigenvalue weighted by molar-refractivity contribution is 9.11. The Morgan fingerprint density at radius 2 is 1.65 bits per heavy atom. The fraction of sp³-hybridized carbons (Fsp3) is 0.160. The van der Waals surface area contributed by atoms with E-state index in [1.807, 2.05) is 12.1 Å². The van der Waals surface area contributed by atoms with E-state index in [1.54, 1.807) is 42.5 Å². The van der Waals surface area contributed by atoms with E-state index >= 15 is 0 Å². The Labute approximate surface area is 213 Å². The molecule has 0 fully saturated rings. The van der Waals surface area contributed by atoms with Crippen LogP contribution in [0.1, 0.15) is 21.5 Å². The van der Waals surface area contributed by atoms with Crippen molar-refractivity contribution in [2.75, 3.05) is 14.2 Å². The van der Waals surface area contributed by atoms with E-state index < -0.39 is 17.9 Å². The maximum absolute atomic E-state index is 12.7. The lowest BCUT2D eigenvalue weighted by atomic mass is 9.98. The zero-order chi connectivity index (χ0) is 24.8. The van der Waals surface area contributed by atoms with Gasteiger partial charge in [-0.25, -0.2) is 4.79 Å². The molecule has 0 unspecified atom stereocenters. The van der Waals surface area contributed by atoms with Crippen LogP contribution in [0.2, 0.25) is 0 Å². The van der Waals surface area contributed by atoms with E-state index in [-0.39, 0.29) is 6.42 Å². The molecule has 174 valence electrons. The summed E-state index contributed by atoms with van der Waals surface area (Å²) in [6, 6.07) is 16.5. The number of hydrogen-bond donors (Lipinski definition) is 2. The molecular formula is C25H20Br2N2O5.